The second kappa shape index (κ2) is 6.13. The third kappa shape index (κ3) is 2.92. The molecule has 0 atom stereocenters. The molecule has 0 radical (unpaired) electrons. The highest BCUT2D eigenvalue weighted by molar-refractivity contribution is 6.31. The van der Waals surface area contributed by atoms with Gasteiger partial charge in [-0.15, -0.1) is 0 Å². The molecular formula is C17H10ClF3N2O. The van der Waals surface area contributed by atoms with Gasteiger partial charge in [-0.3, -0.25) is 9.36 Å². The van der Waals surface area contributed by atoms with Crippen LogP contribution in [0.25, 0.3) is 17.1 Å². The van der Waals surface area contributed by atoms with E-state index in [0.29, 0.717) is 11.3 Å². The number of hydrogen-bond donors (Lipinski definition) is 0. The summed E-state index contributed by atoms with van der Waals surface area (Å²) < 4.78 is 40.6. The SMILES string of the molecule is O=c1c(Cl)c(C(F)(F)F)nc(-c2ccccc2)n1-c1ccccc1. The fourth-order valence-electron chi connectivity index (χ4n) is 2.29. The number of para-hydroxylation sites is 1. The molecule has 0 amide bonds. The molecule has 0 N–H and O–H groups in total. The average molecular weight is 351 g/mol. The van der Waals surface area contributed by atoms with Crippen molar-refractivity contribution < 1.29 is 13.2 Å². The summed E-state index contributed by atoms with van der Waals surface area (Å²) >= 11 is 5.68. The van der Waals surface area contributed by atoms with Gasteiger partial charge in [0.15, 0.2) is 5.69 Å². The standard InChI is InChI=1S/C17H10ClF3N2O/c18-13-14(17(19,20)21)22-15(11-7-3-1-4-8-11)23(16(13)24)12-9-5-2-6-10-12/h1-10H. The Labute approximate surface area is 140 Å². The van der Waals surface area contributed by atoms with E-state index in [4.69, 9.17) is 11.6 Å². The summed E-state index contributed by atoms with van der Waals surface area (Å²) in [5.41, 5.74) is -1.60. The Morgan fingerprint density at radius 1 is 0.917 bits per heavy atom. The summed E-state index contributed by atoms with van der Waals surface area (Å²) in [6, 6.07) is 16.4. The molecule has 0 bridgehead atoms. The first-order valence-electron chi connectivity index (χ1n) is 6.90. The smallest absolute Gasteiger partial charge is 0.267 e. The summed E-state index contributed by atoms with van der Waals surface area (Å²) in [7, 11) is 0. The fourth-order valence-corrected chi connectivity index (χ4v) is 2.52. The number of hydrogen-bond acceptors (Lipinski definition) is 2. The first kappa shape index (κ1) is 16.3. The number of alkyl halides is 3. The van der Waals surface area contributed by atoms with Gasteiger partial charge in [0.1, 0.15) is 10.8 Å². The van der Waals surface area contributed by atoms with Crippen LogP contribution in [-0.4, -0.2) is 9.55 Å². The van der Waals surface area contributed by atoms with Crippen LogP contribution in [0.15, 0.2) is 65.5 Å². The van der Waals surface area contributed by atoms with E-state index >= 15 is 0 Å². The maximum atomic E-state index is 13.2. The molecule has 0 unspecified atom stereocenters. The molecule has 122 valence electrons. The van der Waals surface area contributed by atoms with Crippen molar-refractivity contribution in [3.05, 3.63) is 81.7 Å². The van der Waals surface area contributed by atoms with Crippen molar-refractivity contribution in [2.75, 3.05) is 0 Å². The monoisotopic (exact) mass is 350 g/mol. The van der Waals surface area contributed by atoms with Crippen LogP contribution < -0.4 is 5.56 Å². The van der Waals surface area contributed by atoms with E-state index in [0.717, 1.165) is 4.57 Å². The van der Waals surface area contributed by atoms with Gasteiger partial charge < -0.3 is 0 Å². The highest BCUT2D eigenvalue weighted by Crippen LogP contribution is 2.33. The van der Waals surface area contributed by atoms with Crippen LogP contribution in [0.5, 0.6) is 0 Å². The molecular weight excluding hydrogens is 341 g/mol. The fraction of sp³-hybridized carbons (Fsp3) is 0.0588. The second-order valence-corrected chi connectivity index (χ2v) is 5.32. The minimum Gasteiger partial charge on any atom is -0.267 e. The van der Waals surface area contributed by atoms with E-state index in [1.807, 2.05) is 0 Å². The van der Waals surface area contributed by atoms with E-state index in [9.17, 15) is 18.0 Å². The van der Waals surface area contributed by atoms with E-state index in [1.165, 1.54) is 0 Å². The summed E-state index contributed by atoms with van der Waals surface area (Å²) in [6.07, 6.45) is -4.82. The van der Waals surface area contributed by atoms with Crippen molar-refractivity contribution in [3.8, 4) is 17.1 Å². The molecule has 0 aliphatic carbocycles. The van der Waals surface area contributed by atoms with Crippen molar-refractivity contribution >= 4 is 11.6 Å². The van der Waals surface area contributed by atoms with Crippen molar-refractivity contribution in [1.29, 1.82) is 0 Å². The Morgan fingerprint density at radius 2 is 1.46 bits per heavy atom. The predicted octanol–water partition coefficient (Wildman–Crippen LogP) is 4.57. The number of rotatable bonds is 2. The van der Waals surface area contributed by atoms with Crippen LogP contribution in [0.4, 0.5) is 13.2 Å². The van der Waals surface area contributed by atoms with Crippen LogP contribution in [0, 0.1) is 0 Å². The van der Waals surface area contributed by atoms with Crippen molar-refractivity contribution in [1.82, 2.24) is 9.55 Å². The van der Waals surface area contributed by atoms with E-state index in [2.05, 4.69) is 4.98 Å². The first-order valence-corrected chi connectivity index (χ1v) is 7.28. The molecule has 0 saturated carbocycles. The molecule has 0 aliphatic heterocycles. The number of aromatic nitrogens is 2. The first-order chi connectivity index (χ1) is 11.4. The van der Waals surface area contributed by atoms with Crippen LogP contribution in [-0.2, 0) is 6.18 Å². The van der Waals surface area contributed by atoms with Gasteiger partial charge in [-0.25, -0.2) is 4.98 Å². The van der Waals surface area contributed by atoms with Crippen molar-refractivity contribution in [2.45, 2.75) is 6.18 Å². The molecule has 0 saturated heterocycles. The summed E-state index contributed by atoms with van der Waals surface area (Å²) in [5.74, 6) is -0.122. The molecule has 1 heterocycles. The molecule has 3 nitrogen and oxygen atoms in total. The zero-order chi connectivity index (χ0) is 17.3. The van der Waals surface area contributed by atoms with Gasteiger partial charge in [0.25, 0.3) is 5.56 Å². The highest BCUT2D eigenvalue weighted by Gasteiger charge is 2.38. The number of benzene rings is 2. The summed E-state index contributed by atoms with van der Waals surface area (Å²) in [6.45, 7) is 0. The molecule has 2 aromatic carbocycles. The predicted molar refractivity (Wildman–Crippen MR) is 85.3 cm³/mol. The lowest BCUT2D eigenvalue weighted by molar-refractivity contribution is -0.141. The molecule has 3 aromatic rings. The Hall–Kier alpha value is -2.60. The molecule has 0 fully saturated rings. The third-order valence-electron chi connectivity index (χ3n) is 3.34. The summed E-state index contributed by atoms with van der Waals surface area (Å²) in [5, 5.41) is -0.953. The molecule has 3 rings (SSSR count). The van der Waals surface area contributed by atoms with Gasteiger partial charge in [0, 0.05) is 5.56 Å². The van der Waals surface area contributed by atoms with Gasteiger partial charge in [-0.05, 0) is 12.1 Å². The normalized spacial score (nSPS) is 11.5. The van der Waals surface area contributed by atoms with E-state index in [1.54, 1.807) is 60.7 Å². The maximum absolute atomic E-state index is 13.2. The molecule has 7 heteroatoms. The van der Waals surface area contributed by atoms with E-state index in [-0.39, 0.29) is 5.82 Å². The zero-order valence-corrected chi connectivity index (χ0v) is 12.8. The minimum absolute atomic E-state index is 0.122. The van der Waals surface area contributed by atoms with Crippen LogP contribution >= 0.6 is 11.6 Å². The van der Waals surface area contributed by atoms with Gasteiger partial charge in [-0.2, -0.15) is 13.2 Å². The number of nitrogens with zero attached hydrogens (tertiary/aromatic N) is 2. The Kier molecular flexibility index (Phi) is 4.15. The van der Waals surface area contributed by atoms with Crippen molar-refractivity contribution in [2.24, 2.45) is 0 Å². The lowest BCUT2D eigenvalue weighted by Gasteiger charge is -2.16. The Balaban J connectivity index is 2.40. The van der Waals surface area contributed by atoms with Crippen LogP contribution in [0.3, 0.4) is 0 Å². The Bertz CT molecular complexity index is 922. The maximum Gasteiger partial charge on any atom is 0.435 e. The quantitative estimate of drug-likeness (QED) is 0.678. The molecule has 0 spiro atoms. The van der Waals surface area contributed by atoms with Gasteiger partial charge in [0.05, 0.1) is 5.69 Å². The molecule has 0 aliphatic rings. The summed E-state index contributed by atoms with van der Waals surface area (Å²) in [4.78, 5) is 16.2. The average Bonchev–Trinajstić information content (AvgIpc) is 2.57. The van der Waals surface area contributed by atoms with Crippen LogP contribution in [0.2, 0.25) is 5.02 Å². The largest absolute Gasteiger partial charge is 0.435 e. The topological polar surface area (TPSA) is 34.9 Å². The molecule has 24 heavy (non-hydrogen) atoms. The van der Waals surface area contributed by atoms with E-state index < -0.39 is 22.5 Å². The lowest BCUT2D eigenvalue weighted by atomic mass is 10.2. The Morgan fingerprint density at radius 3 is 2.00 bits per heavy atom. The van der Waals surface area contributed by atoms with Gasteiger partial charge in [0.2, 0.25) is 0 Å². The molecule has 1 aromatic heterocycles. The third-order valence-corrected chi connectivity index (χ3v) is 3.68. The lowest BCUT2D eigenvalue weighted by Crippen LogP contribution is -2.26. The van der Waals surface area contributed by atoms with Gasteiger partial charge >= 0.3 is 6.18 Å². The van der Waals surface area contributed by atoms with Crippen molar-refractivity contribution in [3.63, 3.8) is 0 Å². The number of halogens is 4. The second-order valence-electron chi connectivity index (χ2n) is 4.94. The van der Waals surface area contributed by atoms with Crippen LogP contribution in [0.1, 0.15) is 5.69 Å². The zero-order valence-electron chi connectivity index (χ0n) is 12.1. The highest BCUT2D eigenvalue weighted by atomic mass is 35.5. The van der Waals surface area contributed by atoms with Gasteiger partial charge in [-0.1, -0.05) is 60.1 Å². The minimum atomic E-state index is -4.82.